The molecule has 2 aromatic carbocycles. The van der Waals surface area contributed by atoms with Crippen LogP contribution in [0.4, 0.5) is 0 Å². The molecule has 3 N–H and O–H groups in total. The van der Waals surface area contributed by atoms with E-state index in [9.17, 15) is 14.7 Å². The van der Waals surface area contributed by atoms with E-state index in [0.29, 0.717) is 5.56 Å². The van der Waals surface area contributed by atoms with Crippen LogP contribution in [0.1, 0.15) is 55.3 Å². The minimum Gasteiger partial charge on any atom is -0.394 e. The predicted octanol–water partition coefficient (Wildman–Crippen LogP) is 3.16. The number of amides is 2. The van der Waals surface area contributed by atoms with Crippen molar-refractivity contribution in [2.24, 2.45) is 0 Å². The van der Waals surface area contributed by atoms with Gasteiger partial charge in [-0.3, -0.25) is 9.59 Å². The zero-order valence-electron chi connectivity index (χ0n) is 15.6. The molecule has 5 heteroatoms. The summed E-state index contributed by atoms with van der Waals surface area (Å²) in [6.07, 6.45) is 7.81. The van der Waals surface area contributed by atoms with Gasteiger partial charge >= 0.3 is 0 Å². The van der Waals surface area contributed by atoms with E-state index < -0.39 is 12.6 Å². The van der Waals surface area contributed by atoms with Crippen LogP contribution in [0.15, 0.2) is 42.5 Å². The van der Waals surface area contributed by atoms with E-state index in [1.807, 2.05) is 30.3 Å². The van der Waals surface area contributed by atoms with Crippen molar-refractivity contribution in [3.8, 4) is 0 Å². The Balaban J connectivity index is 1.62. The number of carbonyl (C=O) groups is 2. The first-order valence-electron chi connectivity index (χ1n) is 9.88. The lowest BCUT2D eigenvalue weighted by Gasteiger charge is -2.24. The second-order valence-corrected chi connectivity index (χ2v) is 7.32. The molecule has 144 valence electrons. The summed E-state index contributed by atoms with van der Waals surface area (Å²) in [5, 5.41) is 17.3. The standard InChI is InChI=1S/C22H28N2O3/c25-15-20(22(27)23-19-10-4-2-1-3-5-11-19)24-21(26)18-13-12-16-8-6-7-9-17(16)14-18/h6-9,12-14,19-20,25H,1-5,10-11,15H2,(H,23,27)(H,24,26). The van der Waals surface area contributed by atoms with Crippen LogP contribution < -0.4 is 10.6 Å². The number of rotatable bonds is 5. The van der Waals surface area contributed by atoms with E-state index in [0.717, 1.165) is 36.5 Å². The van der Waals surface area contributed by atoms with E-state index in [2.05, 4.69) is 10.6 Å². The smallest absolute Gasteiger partial charge is 0.252 e. The van der Waals surface area contributed by atoms with Gasteiger partial charge in [-0.1, -0.05) is 62.4 Å². The first-order valence-corrected chi connectivity index (χ1v) is 9.88. The van der Waals surface area contributed by atoms with Gasteiger partial charge in [0.2, 0.25) is 5.91 Å². The van der Waals surface area contributed by atoms with Gasteiger partial charge in [-0.15, -0.1) is 0 Å². The molecule has 2 amide bonds. The molecule has 0 radical (unpaired) electrons. The van der Waals surface area contributed by atoms with Gasteiger partial charge < -0.3 is 15.7 Å². The number of hydrogen-bond donors (Lipinski definition) is 3. The van der Waals surface area contributed by atoms with Crippen LogP contribution in [0.2, 0.25) is 0 Å². The largest absolute Gasteiger partial charge is 0.394 e. The van der Waals surface area contributed by atoms with Crippen molar-refractivity contribution < 1.29 is 14.7 Å². The molecule has 1 saturated carbocycles. The third-order valence-corrected chi connectivity index (χ3v) is 5.27. The molecule has 5 nitrogen and oxygen atoms in total. The number of hydrogen-bond acceptors (Lipinski definition) is 3. The molecule has 1 fully saturated rings. The molecule has 0 saturated heterocycles. The Morgan fingerprint density at radius 3 is 2.33 bits per heavy atom. The minimum absolute atomic E-state index is 0.129. The Kier molecular flexibility index (Phi) is 6.82. The summed E-state index contributed by atoms with van der Waals surface area (Å²) in [7, 11) is 0. The molecule has 1 aliphatic rings. The van der Waals surface area contributed by atoms with E-state index >= 15 is 0 Å². The van der Waals surface area contributed by atoms with Crippen LogP contribution >= 0.6 is 0 Å². The van der Waals surface area contributed by atoms with Gasteiger partial charge in [0.25, 0.3) is 5.91 Å². The van der Waals surface area contributed by atoms with Gasteiger partial charge in [0.05, 0.1) is 6.61 Å². The second-order valence-electron chi connectivity index (χ2n) is 7.32. The molecule has 0 spiro atoms. The highest BCUT2D eigenvalue weighted by Crippen LogP contribution is 2.18. The number of nitrogens with one attached hydrogen (secondary N) is 2. The monoisotopic (exact) mass is 368 g/mol. The van der Waals surface area contributed by atoms with Crippen molar-refractivity contribution in [1.29, 1.82) is 0 Å². The summed E-state index contributed by atoms with van der Waals surface area (Å²) in [4.78, 5) is 25.1. The fourth-order valence-corrected chi connectivity index (χ4v) is 3.67. The quantitative estimate of drug-likeness (QED) is 0.758. The maximum atomic E-state index is 12.6. The zero-order chi connectivity index (χ0) is 19.1. The minimum atomic E-state index is -0.936. The summed E-state index contributed by atoms with van der Waals surface area (Å²) in [5.41, 5.74) is 0.478. The van der Waals surface area contributed by atoms with Crippen LogP contribution in [0.3, 0.4) is 0 Å². The van der Waals surface area contributed by atoms with E-state index in [1.54, 1.807) is 12.1 Å². The Hall–Kier alpha value is -2.40. The van der Waals surface area contributed by atoms with Gasteiger partial charge in [0.1, 0.15) is 6.04 Å². The summed E-state index contributed by atoms with van der Waals surface area (Å²) < 4.78 is 0. The van der Waals surface area contributed by atoms with Crippen molar-refractivity contribution in [2.75, 3.05) is 6.61 Å². The topological polar surface area (TPSA) is 78.4 Å². The molecule has 1 unspecified atom stereocenters. The molecule has 1 aliphatic carbocycles. The summed E-state index contributed by atoms with van der Waals surface area (Å²) in [6.45, 7) is -0.419. The van der Waals surface area contributed by atoms with Crippen LogP contribution in [-0.4, -0.2) is 35.6 Å². The molecule has 1 atom stereocenters. The van der Waals surface area contributed by atoms with Crippen molar-refractivity contribution >= 4 is 22.6 Å². The molecule has 0 heterocycles. The van der Waals surface area contributed by atoms with Crippen molar-refractivity contribution in [1.82, 2.24) is 10.6 Å². The summed E-state index contributed by atoms with van der Waals surface area (Å²) in [5.74, 6) is -0.662. The molecule has 0 aromatic heterocycles. The van der Waals surface area contributed by atoms with Crippen LogP contribution in [-0.2, 0) is 4.79 Å². The number of benzene rings is 2. The molecule has 0 bridgehead atoms. The fraction of sp³-hybridized carbons (Fsp3) is 0.455. The molecule has 0 aliphatic heterocycles. The predicted molar refractivity (Wildman–Crippen MR) is 107 cm³/mol. The Morgan fingerprint density at radius 2 is 1.63 bits per heavy atom. The second kappa shape index (κ2) is 9.51. The SMILES string of the molecule is O=C(NC(CO)C(=O)NC1CCCCCCC1)c1ccc2ccccc2c1. The molecule has 27 heavy (non-hydrogen) atoms. The van der Waals surface area contributed by atoms with Crippen LogP contribution in [0, 0.1) is 0 Å². The Labute approximate surface area is 160 Å². The van der Waals surface area contributed by atoms with E-state index in [-0.39, 0.29) is 17.9 Å². The lowest BCUT2D eigenvalue weighted by molar-refractivity contribution is -0.124. The Morgan fingerprint density at radius 1 is 0.963 bits per heavy atom. The van der Waals surface area contributed by atoms with Gasteiger partial charge in [-0.25, -0.2) is 0 Å². The molecular formula is C22H28N2O3. The fourth-order valence-electron chi connectivity index (χ4n) is 3.67. The third-order valence-electron chi connectivity index (χ3n) is 5.27. The number of fused-ring (bicyclic) bond motifs is 1. The van der Waals surface area contributed by atoms with Crippen molar-refractivity contribution in [2.45, 2.75) is 57.0 Å². The highest BCUT2D eigenvalue weighted by Gasteiger charge is 2.23. The lowest BCUT2D eigenvalue weighted by Crippen LogP contribution is -2.51. The van der Waals surface area contributed by atoms with Gasteiger partial charge in [0.15, 0.2) is 0 Å². The van der Waals surface area contributed by atoms with Crippen molar-refractivity contribution in [3.63, 3.8) is 0 Å². The normalized spacial score (nSPS) is 16.9. The number of aliphatic hydroxyl groups excluding tert-OH is 1. The number of aliphatic hydroxyl groups is 1. The van der Waals surface area contributed by atoms with Crippen LogP contribution in [0.5, 0.6) is 0 Å². The van der Waals surface area contributed by atoms with Crippen LogP contribution in [0.25, 0.3) is 10.8 Å². The van der Waals surface area contributed by atoms with Crippen molar-refractivity contribution in [3.05, 3.63) is 48.0 Å². The summed E-state index contributed by atoms with van der Waals surface area (Å²) in [6, 6.07) is 12.4. The van der Waals surface area contributed by atoms with E-state index in [1.165, 1.54) is 19.3 Å². The average Bonchev–Trinajstić information content (AvgIpc) is 2.67. The summed E-state index contributed by atoms with van der Waals surface area (Å²) >= 11 is 0. The first kappa shape index (κ1) is 19.4. The zero-order valence-corrected chi connectivity index (χ0v) is 15.6. The average molecular weight is 368 g/mol. The number of carbonyl (C=O) groups excluding carboxylic acids is 2. The van der Waals surface area contributed by atoms with Gasteiger partial charge in [-0.05, 0) is 35.7 Å². The van der Waals surface area contributed by atoms with Gasteiger partial charge in [0, 0.05) is 11.6 Å². The van der Waals surface area contributed by atoms with E-state index in [4.69, 9.17) is 0 Å². The molecule has 2 aromatic rings. The maximum Gasteiger partial charge on any atom is 0.252 e. The van der Waals surface area contributed by atoms with Gasteiger partial charge in [-0.2, -0.15) is 0 Å². The molecular weight excluding hydrogens is 340 g/mol. The Bertz CT molecular complexity index is 782. The highest BCUT2D eigenvalue weighted by molar-refractivity contribution is 6.00. The lowest BCUT2D eigenvalue weighted by atomic mass is 9.96. The third kappa shape index (κ3) is 5.30. The molecule has 3 rings (SSSR count). The maximum absolute atomic E-state index is 12.6. The highest BCUT2D eigenvalue weighted by atomic mass is 16.3. The first-order chi connectivity index (χ1) is 13.2.